The minimum Gasteiger partial charge on any atom is -0.391 e. The topological polar surface area (TPSA) is 40.5 Å². The lowest BCUT2D eigenvalue weighted by atomic mass is 9.85. The first-order chi connectivity index (χ1) is 8.58. The molecule has 2 aliphatic rings. The van der Waals surface area contributed by atoms with Crippen LogP contribution in [0.4, 0.5) is 0 Å². The first-order valence-corrected chi connectivity index (χ1v) is 7.53. The van der Waals surface area contributed by atoms with Gasteiger partial charge in [0.1, 0.15) is 0 Å². The number of likely N-dealkylation sites (tertiary alicyclic amines) is 1. The summed E-state index contributed by atoms with van der Waals surface area (Å²) in [4.78, 5) is 13.8. The van der Waals surface area contributed by atoms with Crippen molar-refractivity contribution in [3.8, 4) is 0 Å². The largest absolute Gasteiger partial charge is 0.391 e. The molecular formula is C15H27NO2. The lowest BCUT2D eigenvalue weighted by Crippen LogP contribution is -2.38. The second kappa shape index (κ2) is 6.05. The van der Waals surface area contributed by atoms with E-state index in [9.17, 15) is 9.90 Å². The fourth-order valence-electron chi connectivity index (χ4n) is 3.32. The number of hydrogen-bond acceptors (Lipinski definition) is 2. The summed E-state index contributed by atoms with van der Waals surface area (Å²) in [7, 11) is 0. The molecule has 2 fully saturated rings. The van der Waals surface area contributed by atoms with Crippen molar-refractivity contribution in [3.05, 3.63) is 0 Å². The van der Waals surface area contributed by atoms with Crippen LogP contribution in [0, 0.1) is 17.8 Å². The highest BCUT2D eigenvalue weighted by atomic mass is 16.3. The van der Waals surface area contributed by atoms with Gasteiger partial charge in [-0.15, -0.1) is 0 Å². The smallest absolute Gasteiger partial charge is 0.223 e. The number of nitrogens with zero attached hydrogens (tertiary/aromatic N) is 1. The number of aliphatic hydroxyl groups is 1. The molecular weight excluding hydrogens is 226 g/mol. The van der Waals surface area contributed by atoms with E-state index < -0.39 is 0 Å². The number of carbonyl (C=O) groups excluding carboxylic acids is 1. The predicted octanol–water partition coefficient (Wildman–Crippen LogP) is 2.43. The van der Waals surface area contributed by atoms with Crippen LogP contribution in [0.15, 0.2) is 0 Å². The zero-order valence-electron chi connectivity index (χ0n) is 11.8. The fraction of sp³-hybridized carbons (Fsp3) is 0.933. The van der Waals surface area contributed by atoms with Gasteiger partial charge in [-0.2, -0.15) is 0 Å². The van der Waals surface area contributed by atoms with Crippen molar-refractivity contribution in [1.29, 1.82) is 0 Å². The summed E-state index contributed by atoms with van der Waals surface area (Å²) in [5, 5.41) is 10.3. The zero-order valence-corrected chi connectivity index (χ0v) is 11.8. The summed E-state index contributed by atoms with van der Waals surface area (Å²) >= 11 is 0. The highest BCUT2D eigenvalue weighted by Gasteiger charge is 2.33. The molecule has 0 aromatic carbocycles. The van der Waals surface area contributed by atoms with Gasteiger partial charge in [-0.3, -0.25) is 4.79 Å². The Labute approximate surface area is 111 Å². The van der Waals surface area contributed by atoms with Gasteiger partial charge < -0.3 is 10.0 Å². The third-order valence-corrected chi connectivity index (χ3v) is 4.79. The van der Waals surface area contributed by atoms with Crippen LogP contribution in [0.25, 0.3) is 0 Å². The molecule has 1 aliphatic heterocycles. The van der Waals surface area contributed by atoms with Gasteiger partial charge in [0.05, 0.1) is 6.10 Å². The van der Waals surface area contributed by atoms with Crippen LogP contribution in [-0.2, 0) is 4.79 Å². The lowest BCUT2D eigenvalue weighted by Gasteiger charge is -2.29. The van der Waals surface area contributed by atoms with Gasteiger partial charge in [-0.05, 0) is 30.6 Å². The number of hydrogen-bond donors (Lipinski definition) is 1. The number of amides is 1. The third kappa shape index (κ3) is 3.25. The van der Waals surface area contributed by atoms with E-state index in [2.05, 4.69) is 13.8 Å². The summed E-state index contributed by atoms with van der Waals surface area (Å²) in [5.41, 5.74) is 0. The van der Waals surface area contributed by atoms with Gasteiger partial charge in [0.15, 0.2) is 0 Å². The van der Waals surface area contributed by atoms with Gasteiger partial charge >= 0.3 is 0 Å². The molecule has 2 atom stereocenters. The summed E-state index contributed by atoms with van der Waals surface area (Å²) in [6.07, 6.45) is 6.43. The van der Waals surface area contributed by atoms with Crippen LogP contribution in [0.5, 0.6) is 0 Å². The zero-order chi connectivity index (χ0) is 13.1. The SMILES string of the molecule is CC(C)C1CC(=O)N(CC(O)C2CCCCC2)C1. The van der Waals surface area contributed by atoms with Crippen molar-refractivity contribution in [3.63, 3.8) is 0 Å². The van der Waals surface area contributed by atoms with E-state index in [-0.39, 0.29) is 12.0 Å². The first kappa shape index (κ1) is 13.9. The van der Waals surface area contributed by atoms with Crippen LogP contribution in [0.3, 0.4) is 0 Å². The van der Waals surface area contributed by atoms with Crippen LogP contribution < -0.4 is 0 Å². The Morgan fingerprint density at radius 2 is 1.89 bits per heavy atom. The van der Waals surface area contributed by atoms with Crippen molar-refractivity contribution in [2.24, 2.45) is 17.8 Å². The molecule has 104 valence electrons. The molecule has 1 aliphatic carbocycles. The molecule has 1 heterocycles. The van der Waals surface area contributed by atoms with Gasteiger partial charge in [0, 0.05) is 19.5 Å². The van der Waals surface area contributed by atoms with Gasteiger partial charge in [-0.25, -0.2) is 0 Å². The molecule has 1 N–H and O–H groups in total. The predicted molar refractivity (Wildman–Crippen MR) is 72.1 cm³/mol. The molecule has 2 rings (SSSR count). The van der Waals surface area contributed by atoms with Crippen LogP contribution in [0.2, 0.25) is 0 Å². The Bertz CT molecular complexity index is 284. The molecule has 1 amide bonds. The fourth-order valence-corrected chi connectivity index (χ4v) is 3.32. The minimum atomic E-state index is -0.305. The maximum Gasteiger partial charge on any atom is 0.223 e. The molecule has 0 aromatic heterocycles. The van der Waals surface area contributed by atoms with Crippen LogP contribution in [0.1, 0.15) is 52.4 Å². The van der Waals surface area contributed by atoms with Crippen LogP contribution in [-0.4, -0.2) is 35.1 Å². The van der Waals surface area contributed by atoms with Crippen molar-refractivity contribution < 1.29 is 9.90 Å². The molecule has 0 radical (unpaired) electrons. The maximum atomic E-state index is 11.9. The highest BCUT2D eigenvalue weighted by Crippen LogP contribution is 2.29. The van der Waals surface area contributed by atoms with Crippen molar-refractivity contribution >= 4 is 5.91 Å². The van der Waals surface area contributed by atoms with E-state index in [1.807, 2.05) is 4.90 Å². The van der Waals surface area contributed by atoms with Crippen molar-refractivity contribution in [2.75, 3.05) is 13.1 Å². The summed E-state index contributed by atoms with van der Waals surface area (Å²) < 4.78 is 0. The van der Waals surface area contributed by atoms with E-state index in [0.717, 1.165) is 19.4 Å². The van der Waals surface area contributed by atoms with E-state index in [1.165, 1.54) is 19.3 Å². The molecule has 0 aromatic rings. The van der Waals surface area contributed by atoms with Crippen molar-refractivity contribution in [2.45, 2.75) is 58.5 Å². The van der Waals surface area contributed by atoms with E-state index in [4.69, 9.17) is 0 Å². The van der Waals surface area contributed by atoms with Gasteiger partial charge in [0.2, 0.25) is 5.91 Å². The monoisotopic (exact) mass is 253 g/mol. The van der Waals surface area contributed by atoms with Gasteiger partial charge in [0.25, 0.3) is 0 Å². The second-order valence-corrected chi connectivity index (χ2v) is 6.47. The summed E-state index contributed by atoms with van der Waals surface area (Å²) in [6.45, 7) is 5.77. The Hall–Kier alpha value is -0.570. The molecule has 0 bridgehead atoms. The number of carbonyl (C=O) groups is 1. The molecule has 18 heavy (non-hydrogen) atoms. The summed E-state index contributed by atoms with van der Waals surface area (Å²) in [6, 6.07) is 0. The number of β-amino-alcohol motifs (C(OH)–C–C–N with tert-alkyl or cyclic N) is 1. The Kier molecular flexibility index (Phi) is 4.66. The lowest BCUT2D eigenvalue weighted by molar-refractivity contribution is -0.129. The van der Waals surface area contributed by atoms with E-state index in [0.29, 0.717) is 30.7 Å². The normalized spacial score (nSPS) is 28.1. The highest BCUT2D eigenvalue weighted by molar-refractivity contribution is 5.78. The first-order valence-electron chi connectivity index (χ1n) is 7.53. The summed E-state index contributed by atoms with van der Waals surface area (Å²) in [5.74, 6) is 1.70. The average molecular weight is 253 g/mol. The average Bonchev–Trinajstić information content (AvgIpc) is 2.72. The van der Waals surface area contributed by atoms with E-state index >= 15 is 0 Å². The Morgan fingerprint density at radius 3 is 2.44 bits per heavy atom. The standard InChI is InChI=1S/C15H27NO2/c1-11(2)13-8-15(18)16(9-13)10-14(17)12-6-4-3-5-7-12/h11-14,17H,3-10H2,1-2H3. The number of aliphatic hydroxyl groups excluding tert-OH is 1. The molecule has 3 nitrogen and oxygen atoms in total. The van der Waals surface area contributed by atoms with Crippen LogP contribution >= 0.6 is 0 Å². The molecule has 1 saturated carbocycles. The third-order valence-electron chi connectivity index (χ3n) is 4.79. The maximum absolute atomic E-state index is 11.9. The van der Waals surface area contributed by atoms with Crippen molar-refractivity contribution in [1.82, 2.24) is 4.90 Å². The quantitative estimate of drug-likeness (QED) is 0.836. The molecule has 2 unspecified atom stereocenters. The molecule has 1 saturated heterocycles. The van der Waals surface area contributed by atoms with E-state index in [1.54, 1.807) is 0 Å². The second-order valence-electron chi connectivity index (χ2n) is 6.47. The molecule has 3 heteroatoms. The minimum absolute atomic E-state index is 0.239. The molecule has 0 spiro atoms. The number of rotatable bonds is 4. The van der Waals surface area contributed by atoms with Gasteiger partial charge in [-0.1, -0.05) is 33.1 Å². The Balaban J connectivity index is 1.83. The Morgan fingerprint density at radius 1 is 1.22 bits per heavy atom.